The predicted molar refractivity (Wildman–Crippen MR) is 115 cm³/mol. The van der Waals surface area contributed by atoms with Gasteiger partial charge in [0.05, 0.1) is 24.5 Å². The van der Waals surface area contributed by atoms with Gasteiger partial charge in [-0.3, -0.25) is 9.88 Å². The van der Waals surface area contributed by atoms with Gasteiger partial charge in [0, 0.05) is 6.20 Å². The fraction of sp³-hybridized carbons (Fsp3) is 0.500. The van der Waals surface area contributed by atoms with Gasteiger partial charge in [-0.2, -0.15) is 0 Å². The van der Waals surface area contributed by atoms with Gasteiger partial charge < -0.3 is 9.84 Å². The number of benzene rings is 1. The fourth-order valence-corrected chi connectivity index (χ4v) is 4.09. The number of pyridine rings is 1. The maximum absolute atomic E-state index is 13.2. The molecule has 5 nitrogen and oxygen atoms in total. The normalized spacial score (nSPS) is 21.5. The average Bonchev–Trinajstić information content (AvgIpc) is 2.75. The molecule has 1 aliphatic rings. The Labute approximate surface area is 173 Å². The second-order valence-electron chi connectivity index (χ2n) is 7.89. The van der Waals surface area contributed by atoms with Crippen LogP contribution in [0.1, 0.15) is 57.4 Å². The minimum atomic E-state index is -0.591. The zero-order valence-electron chi connectivity index (χ0n) is 17.2. The molecule has 1 aromatic heterocycles. The highest BCUT2D eigenvalue weighted by molar-refractivity contribution is 5.87. The van der Waals surface area contributed by atoms with Gasteiger partial charge in [0.1, 0.15) is 6.10 Å². The van der Waals surface area contributed by atoms with Crippen molar-refractivity contribution in [2.45, 2.75) is 70.6 Å². The van der Waals surface area contributed by atoms with Gasteiger partial charge in [-0.1, -0.05) is 62.9 Å². The zero-order valence-corrected chi connectivity index (χ0v) is 17.2. The Bertz CT molecular complexity index is 738. The summed E-state index contributed by atoms with van der Waals surface area (Å²) in [5.74, 6) is 0.224. The first-order valence-electron chi connectivity index (χ1n) is 10.8. The number of aromatic nitrogens is 1. The average molecular weight is 397 g/mol. The number of ether oxygens (including phenoxy) is 1. The van der Waals surface area contributed by atoms with E-state index in [1.807, 2.05) is 42.5 Å². The van der Waals surface area contributed by atoms with Crippen LogP contribution in [0, 0.1) is 5.92 Å². The summed E-state index contributed by atoms with van der Waals surface area (Å²) in [6, 6.07) is 13.5. The van der Waals surface area contributed by atoms with Gasteiger partial charge in [-0.15, -0.1) is 0 Å². The quantitative estimate of drug-likeness (QED) is 0.612. The largest absolute Gasteiger partial charge is 0.443 e. The van der Waals surface area contributed by atoms with Crippen molar-refractivity contribution >= 4 is 11.8 Å². The lowest BCUT2D eigenvalue weighted by Crippen LogP contribution is -2.44. The Hall–Kier alpha value is -2.40. The molecule has 0 bridgehead atoms. The van der Waals surface area contributed by atoms with E-state index in [2.05, 4.69) is 11.9 Å². The number of carbonyl (C=O) groups excluding carboxylic acids is 1. The molecule has 29 heavy (non-hydrogen) atoms. The first-order chi connectivity index (χ1) is 14.2. The van der Waals surface area contributed by atoms with E-state index in [-0.39, 0.29) is 5.92 Å². The Kier molecular flexibility index (Phi) is 8.05. The smallest absolute Gasteiger partial charge is 0.415 e. The molecule has 2 aromatic rings. The number of aliphatic hydroxyl groups excluding tert-OH is 1. The van der Waals surface area contributed by atoms with Crippen LogP contribution in [0.25, 0.3) is 0 Å². The molecule has 0 saturated heterocycles. The molecule has 3 atom stereocenters. The number of rotatable bonds is 8. The van der Waals surface area contributed by atoms with Crippen molar-refractivity contribution in [2.24, 2.45) is 5.92 Å². The summed E-state index contributed by atoms with van der Waals surface area (Å²) < 4.78 is 5.94. The summed E-state index contributed by atoms with van der Waals surface area (Å²) in [6.45, 7) is 2.58. The fourth-order valence-electron chi connectivity index (χ4n) is 4.09. The van der Waals surface area contributed by atoms with E-state index in [0.29, 0.717) is 18.7 Å². The molecular weight excluding hydrogens is 364 g/mol. The van der Waals surface area contributed by atoms with E-state index in [4.69, 9.17) is 4.74 Å². The van der Waals surface area contributed by atoms with Gasteiger partial charge in [-0.25, -0.2) is 4.79 Å². The summed E-state index contributed by atoms with van der Waals surface area (Å²) in [4.78, 5) is 19.0. The monoisotopic (exact) mass is 396 g/mol. The number of aliphatic hydroxyl groups is 1. The van der Waals surface area contributed by atoms with Crippen molar-refractivity contribution in [1.82, 2.24) is 4.98 Å². The number of anilines is 1. The highest BCUT2D eigenvalue weighted by Gasteiger charge is 2.36. The molecule has 1 heterocycles. The van der Waals surface area contributed by atoms with E-state index >= 15 is 0 Å². The molecule has 0 radical (unpaired) electrons. The number of unbranched alkanes of at least 4 members (excludes halogenated alkanes) is 2. The molecule has 0 spiro atoms. The molecule has 1 fully saturated rings. The Morgan fingerprint density at radius 2 is 2.00 bits per heavy atom. The maximum Gasteiger partial charge on any atom is 0.415 e. The lowest BCUT2D eigenvalue weighted by molar-refractivity contribution is -0.0537. The highest BCUT2D eigenvalue weighted by atomic mass is 16.6. The van der Waals surface area contributed by atoms with Crippen molar-refractivity contribution in [3.05, 3.63) is 60.4 Å². The molecule has 3 rings (SSSR count). The van der Waals surface area contributed by atoms with E-state index in [9.17, 15) is 9.90 Å². The molecule has 3 unspecified atom stereocenters. The molecule has 1 aromatic carbocycles. The van der Waals surface area contributed by atoms with E-state index < -0.39 is 18.3 Å². The maximum atomic E-state index is 13.2. The van der Waals surface area contributed by atoms with Crippen LogP contribution in [0.2, 0.25) is 0 Å². The Morgan fingerprint density at radius 3 is 2.72 bits per heavy atom. The molecule has 0 aliphatic heterocycles. The lowest BCUT2D eigenvalue weighted by atomic mass is 9.81. The van der Waals surface area contributed by atoms with Crippen molar-refractivity contribution in [2.75, 3.05) is 4.90 Å². The van der Waals surface area contributed by atoms with E-state index in [0.717, 1.165) is 37.7 Å². The second kappa shape index (κ2) is 11.0. The van der Waals surface area contributed by atoms with E-state index in [1.54, 1.807) is 17.3 Å². The molecular formula is C24H32N2O3. The Morgan fingerprint density at radius 1 is 1.17 bits per heavy atom. The third kappa shape index (κ3) is 6.04. The molecule has 1 amide bonds. The van der Waals surface area contributed by atoms with E-state index in [1.165, 1.54) is 6.42 Å². The highest BCUT2D eigenvalue weighted by Crippen LogP contribution is 2.32. The molecule has 5 heteroatoms. The summed E-state index contributed by atoms with van der Waals surface area (Å²) in [5, 5.41) is 10.6. The van der Waals surface area contributed by atoms with Crippen LogP contribution in [0.4, 0.5) is 10.5 Å². The third-order valence-corrected chi connectivity index (χ3v) is 5.70. The van der Waals surface area contributed by atoms with Crippen LogP contribution in [0.15, 0.2) is 54.9 Å². The van der Waals surface area contributed by atoms with Crippen molar-refractivity contribution in [3.63, 3.8) is 0 Å². The van der Waals surface area contributed by atoms with Crippen LogP contribution in [-0.4, -0.2) is 28.4 Å². The first kappa shape index (κ1) is 21.3. The molecule has 1 aliphatic carbocycles. The lowest BCUT2D eigenvalue weighted by Gasteiger charge is -2.36. The van der Waals surface area contributed by atoms with Crippen LogP contribution in [0.3, 0.4) is 0 Å². The number of hydrogen-bond donors (Lipinski definition) is 1. The van der Waals surface area contributed by atoms with Gasteiger partial charge in [0.25, 0.3) is 0 Å². The standard InChI is InChI=1S/C24H32N2O3/c1-2-3-5-12-20-13-8-15-22(27)23(20)29-24(28)26(21-14-9-16-25-17-21)18-19-10-6-4-7-11-19/h4,6-7,9-11,14,16-17,20,22-23,27H,2-3,5,8,12-13,15,18H2,1H3. The minimum absolute atomic E-state index is 0.224. The third-order valence-electron chi connectivity index (χ3n) is 5.70. The number of nitrogens with zero attached hydrogens (tertiary/aromatic N) is 2. The van der Waals surface area contributed by atoms with Gasteiger partial charge in [0.15, 0.2) is 0 Å². The molecule has 1 N–H and O–H groups in total. The molecule has 1 saturated carbocycles. The van der Waals surface area contributed by atoms with Crippen LogP contribution >= 0.6 is 0 Å². The summed E-state index contributed by atoms with van der Waals surface area (Å²) in [6.07, 6.45) is 9.01. The minimum Gasteiger partial charge on any atom is -0.443 e. The van der Waals surface area contributed by atoms with Crippen LogP contribution in [-0.2, 0) is 11.3 Å². The van der Waals surface area contributed by atoms with Gasteiger partial charge in [0.2, 0.25) is 0 Å². The van der Waals surface area contributed by atoms with Gasteiger partial charge in [-0.05, 0) is 42.9 Å². The van der Waals surface area contributed by atoms with Gasteiger partial charge >= 0.3 is 6.09 Å². The van der Waals surface area contributed by atoms with Crippen LogP contribution < -0.4 is 4.90 Å². The van der Waals surface area contributed by atoms with Crippen molar-refractivity contribution < 1.29 is 14.6 Å². The predicted octanol–water partition coefficient (Wildman–Crippen LogP) is 5.33. The number of carbonyl (C=O) groups is 1. The molecule has 156 valence electrons. The second-order valence-corrected chi connectivity index (χ2v) is 7.89. The summed E-state index contributed by atoms with van der Waals surface area (Å²) in [5.41, 5.74) is 1.70. The first-order valence-corrected chi connectivity index (χ1v) is 10.8. The summed E-state index contributed by atoms with van der Waals surface area (Å²) >= 11 is 0. The SMILES string of the molecule is CCCCCC1CCCC(O)C1OC(=O)N(Cc1ccccc1)c1cccnc1. The van der Waals surface area contributed by atoms with Crippen molar-refractivity contribution in [1.29, 1.82) is 0 Å². The van der Waals surface area contributed by atoms with Crippen LogP contribution in [0.5, 0.6) is 0 Å². The number of hydrogen-bond acceptors (Lipinski definition) is 4. The number of amides is 1. The summed E-state index contributed by atoms with van der Waals surface area (Å²) in [7, 11) is 0. The zero-order chi connectivity index (χ0) is 20.5. The topological polar surface area (TPSA) is 62.7 Å². The Balaban J connectivity index is 1.75. The van der Waals surface area contributed by atoms with Crippen molar-refractivity contribution in [3.8, 4) is 0 Å².